The molecule has 20 atom stereocenters. The van der Waals surface area contributed by atoms with Crippen LogP contribution in [0.5, 0.6) is 0 Å². The number of hydrogen-bond acceptors (Lipinski definition) is 36. The van der Waals surface area contributed by atoms with Crippen LogP contribution in [0.1, 0.15) is 45.6 Å². The second-order valence-corrected chi connectivity index (χ2v) is 28.9. The molecule has 4 unspecified atom stereocenters. The van der Waals surface area contributed by atoms with Crippen molar-refractivity contribution < 1.29 is 171 Å². The molecule has 4 aliphatic rings. The van der Waals surface area contributed by atoms with E-state index in [1.807, 2.05) is 0 Å². The fourth-order valence-corrected chi connectivity index (χ4v) is 14.8. The van der Waals surface area contributed by atoms with Crippen molar-refractivity contribution in [3.8, 4) is 0 Å². The van der Waals surface area contributed by atoms with E-state index in [-0.39, 0.29) is 45.1 Å². The van der Waals surface area contributed by atoms with Gasteiger partial charge in [-0.1, -0.05) is 0 Å². The molecule has 0 saturated carbocycles. The summed E-state index contributed by atoms with van der Waals surface area (Å²) in [5.41, 5.74) is 22.1. The number of nitrogens with two attached hydrogens (primary N) is 4. The van der Waals surface area contributed by atoms with Crippen LogP contribution in [0.15, 0.2) is 74.4 Å². The van der Waals surface area contributed by atoms with Crippen molar-refractivity contribution in [2.75, 3.05) is 37.9 Å². The first-order chi connectivity index (χ1) is 44.7. The monoisotopic (exact) mass is 1490 g/mol. The molecule has 10 rings (SSSR count). The first kappa shape index (κ1) is 74.5. The van der Waals surface area contributed by atoms with Crippen molar-refractivity contribution in [1.29, 1.82) is 0 Å². The zero-order chi connectivity index (χ0) is 70.4. The Morgan fingerprint density at radius 1 is 0.510 bits per heavy atom. The Hall–Kier alpha value is -5.72. The summed E-state index contributed by atoms with van der Waals surface area (Å²) in [7, 11) is -33.2. The predicted molar refractivity (Wildman–Crippen MR) is 296 cm³/mol. The number of carbonyl (C=O) groups excluding carboxylic acids is 2. The number of aliphatic hydroxyl groups excluding tert-OH is 6. The number of aromatic nitrogens is 10. The zero-order valence-electron chi connectivity index (χ0n) is 47.8. The smallest absolute Gasteiger partial charge is 0.478 e. The molecule has 4 aliphatic heterocycles. The highest BCUT2D eigenvalue weighted by Gasteiger charge is 2.54. The average Bonchev–Trinajstić information content (AvgIpc) is 1.63. The van der Waals surface area contributed by atoms with Gasteiger partial charge >= 0.3 is 31.3 Å². The van der Waals surface area contributed by atoms with Crippen LogP contribution in [0.4, 0.5) is 11.6 Å². The van der Waals surface area contributed by atoms with Crippen LogP contribution in [-0.2, 0) is 82.1 Å². The Labute approximate surface area is 533 Å². The summed E-state index contributed by atoms with van der Waals surface area (Å²) in [5, 5.41) is 62.9. The lowest BCUT2D eigenvalue weighted by Crippen LogP contribution is -2.46. The van der Waals surface area contributed by atoms with Gasteiger partial charge in [-0.25, -0.2) is 56.8 Å². The Morgan fingerprint density at radius 2 is 0.854 bits per heavy atom. The van der Waals surface area contributed by atoms with Gasteiger partial charge in [0, 0.05) is 12.1 Å². The Bertz CT molecular complexity index is 3880. The van der Waals surface area contributed by atoms with Gasteiger partial charge in [0.15, 0.2) is 72.4 Å². The molecule has 0 bridgehead atoms. The summed E-state index contributed by atoms with van der Waals surface area (Å²) in [4.78, 5) is 129. The lowest BCUT2D eigenvalue weighted by molar-refractivity contribution is -0.766. The number of phosphoric acid groups is 6. The molecule has 6 aromatic rings. The molecular weight excluding hydrogens is 1430 g/mol. The molecule has 20 N–H and O–H groups in total. The minimum atomic E-state index is -5.72. The third kappa shape index (κ3) is 17.8. The lowest BCUT2D eigenvalue weighted by atomic mass is 10.1. The van der Waals surface area contributed by atoms with Crippen LogP contribution in [-0.4, -0.2) is 211 Å². The average molecular weight is 1490 g/mol. The van der Waals surface area contributed by atoms with Gasteiger partial charge in [0.25, 0.3) is 39.9 Å². The minimum Gasteiger partial charge on any atom is -0.756 e. The molecule has 96 heavy (non-hydrogen) atoms. The van der Waals surface area contributed by atoms with Gasteiger partial charge in [0.05, 0.1) is 39.1 Å². The van der Waals surface area contributed by atoms with E-state index in [9.17, 15) is 107 Å². The van der Waals surface area contributed by atoms with Crippen molar-refractivity contribution >= 4 is 92.7 Å². The third-order valence-electron chi connectivity index (χ3n) is 13.9. The predicted octanol–water partition coefficient (Wildman–Crippen LogP) is -7.06. The molecule has 2 amide bonds. The number of phosphoric ester groups is 6. The highest BCUT2D eigenvalue weighted by Crippen LogP contribution is 2.60. The lowest BCUT2D eigenvalue weighted by Gasteiger charge is -2.26. The number of ether oxygens (including phenoxy) is 4. The number of hydrogen-bond donors (Lipinski definition) is 16. The number of primary amides is 2. The number of aliphatic hydroxyl groups is 6. The maximum atomic E-state index is 12.5. The van der Waals surface area contributed by atoms with Crippen LogP contribution in [0.25, 0.3) is 22.3 Å². The molecular formula is C42H56N14O34P6. The summed E-state index contributed by atoms with van der Waals surface area (Å²) >= 11 is 0. The topological polar surface area (TPSA) is 735 Å². The van der Waals surface area contributed by atoms with E-state index in [1.165, 1.54) is 58.2 Å². The number of imidazole rings is 2. The third-order valence-corrected chi connectivity index (χ3v) is 20.1. The van der Waals surface area contributed by atoms with Gasteiger partial charge in [0.1, 0.15) is 95.9 Å². The van der Waals surface area contributed by atoms with E-state index >= 15 is 0 Å². The van der Waals surface area contributed by atoms with Crippen LogP contribution in [0.2, 0.25) is 0 Å². The van der Waals surface area contributed by atoms with Crippen molar-refractivity contribution in [2.45, 2.75) is 98.2 Å². The van der Waals surface area contributed by atoms with Crippen molar-refractivity contribution in [3.63, 3.8) is 0 Å². The Morgan fingerprint density at radius 3 is 1.20 bits per heavy atom. The second kappa shape index (κ2) is 29.2. The fraction of sp³-hybridized carbons (Fsp3) is 0.476. The normalized spacial score (nSPS) is 30.3. The quantitative estimate of drug-likeness (QED) is 0.0177. The maximum Gasteiger partial charge on any atom is 0.478 e. The molecule has 0 radical (unpaired) electrons. The molecule has 4 saturated heterocycles. The van der Waals surface area contributed by atoms with Gasteiger partial charge in [-0.15, -0.1) is 0 Å². The van der Waals surface area contributed by atoms with Gasteiger partial charge in [-0.2, -0.15) is 9.13 Å². The van der Waals surface area contributed by atoms with Crippen LogP contribution in [0, 0.1) is 0 Å². The standard InChI is InChI=1S/2C21H28N7O17P3/c2*22-17-12-19(25-7-24-17)28(8-26-12)21-16(44-46(33,34)35)14(30)11(43-21)6-41-48(38,39)45-47(36,37)40-5-10-13(29)15(31)20(42-10)27-3-1-2-9(4-27)18(23)32/h2*1-4,7-8,10-11,13-16,20-21,29-31H,5-6H2,(H7-,22,23,24,25,32,33,34,35,36,37,38,39)/t2*10-,11-,13-,14-,15-,16-,20-,21-/m11/s1. The number of pyridine rings is 2. The summed E-state index contributed by atoms with van der Waals surface area (Å²) in [6.07, 6.45) is -17.2. The molecule has 48 nitrogen and oxygen atoms in total. The second-order valence-electron chi connectivity index (χ2n) is 20.5. The zero-order valence-corrected chi connectivity index (χ0v) is 53.2. The molecule has 0 aliphatic carbocycles. The van der Waals surface area contributed by atoms with E-state index in [0.29, 0.717) is 0 Å². The summed E-state index contributed by atoms with van der Waals surface area (Å²) in [6, 6.07) is 5.54. The number of carbonyl (C=O) groups is 2. The number of rotatable bonds is 26. The summed E-state index contributed by atoms with van der Waals surface area (Å²) < 4.78 is 136. The highest BCUT2D eigenvalue weighted by atomic mass is 31.3. The first-order valence-electron chi connectivity index (χ1n) is 26.7. The highest BCUT2D eigenvalue weighted by molar-refractivity contribution is 7.61. The number of fused-ring (bicyclic) bond motifs is 2. The van der Waals surface area contributed by atoms with Crippen LogP contribution >= 0.6 is 46.9 Å². The van der Waals surface area contributed by atoms with Crippen molar-refractivity contribution in [3.05, 3.63) is 85.5 Å². The number of anilines is 2. The SMILES string of the molecule is NC(=O)c1ccc[n+]([C@@H]2O[C@H](COP(=O)([O-])OP(=O)(O)OC[C@H]3O[C@@H](n4cnc5c(N)ncnc54)[C@H](OP(=O)(O)O)[C@@H]3O)[C@@H](O)[C@H]2O)c1.NC(=O)c1ccc[n+]([C@@H]2O[C@H](COP(=O)([O-])OP(=O)(O)OC[C@H]3O[C@@H](n4cnc5c(N)ncnc54)[C@H](OP(=O)(O)O)[C@@H]3O)[C@@H](O)[C@H]2O)c1. The van der Waals surface area contributed by atoms with Crippen molar-refractivity contribution in [1.82, 2.24) is 39.0 Å². The number of nitrogen functional groups attached to an aromatic ring is 2. The molecule has 54 heteroatoms. The van der Waals surface area contributed by atoms with Gasteiger partial charge in [-0.05, 0) is 12.1 Å². The van der Waals surface area contributed by atoms with Gasteiger partial charge < -0.3 is 121 Å². The largest absolute Gasteiger partial charge is 0.756 e. The fourth-order valence-electron chi connectivity index (χ4n) is 9.65. The molecule has 0 spiro atoms. The van der Waals surface area contributed by atoms with E-state index < -0.39 is 183 Å². The molecule has 6 aromatic heterocycles. The van der Waals surface area contributed by atoms with Crippen molar-refractivity contribution in [2.24, 2.45) is 11.5 Å². The Balaban J connectivity index is 0.000000225. The summed E-state index contributed by atoms with van der Waals surface area (Å²) in [5.74, 6) is -1.72. The van der Waals surface area contributed by atoms with Crippen LogP contribution < -0.4 is 41.9 Å². The first-order valence-corrected chi connectivity index (χ1v) is 35.6. The molecule has 4 fully saturated rings. The molecule has 528 valence electrons. The van der Waals surface area contributed by atoms with Gasteiger partial charge in [-0.3, -0.25) is 45.9 Å². The van der Waals surface area contributed by atoms with E-state index in [0.717, 1.165) is 34.4 Å². The number of amides is 2. The number of nitrogens with zero attached hydrogens (tertiary/aromatic N) is 10. The van der Waals surface area contributed by atoms with E-state index in [4.69, 9.17) is 41.9 Å². The van der Waals surface area contributed by atoms with E-state index in [2.05, 4.69) is 65.7 Å². The van der Waals surface area contributed by atoms with E-state index in [1.54, 1.807) is 0 Å². The minimum absolute atomic E-state index is 0.00541. The summed E-state index contributed by atoms with van der Waals surface area (Å²) in [6.45, 7) is -4.25. The molecule has 10 heterocycles. The van der Waals surface area contributed by atoms with Gasteiger partial charge in [0.2, 0.25) is 0 Å². The van der Waals surface area contributed by atoms with Crippen LogP contribution in [0.3, 0.4) is 0 Å². The molecule has 0 aromatic carbocycles. The maximum absolute atomic E-state index is 12.5. The Kier molecular flexibility index (Phi) is 22.7.